The molecule has 0 fully saturated rings. The molecule has 1 aromatic carbocycles. The van der Waals surface area contributed by atoms with Crippen LogP contribution in [0.2, 0.25) is 0 Å². The molecule has 0 unspecified atom stereocenters. The summed E-state index contributed by atoms with van der Waals surface area (Å²) < 4.78 is 25.7. The minimum atomic E-state index is -0.926. The number of hydrogen-bond donors (Lipinski definition) is 1. The Morgan fingerprint density at radius 1 is 1.33 bits per heavy atom. The summed E-state index contributed by atoms with van der Waals surface area (Å²) in [5.41, 5.74) is 5.87. The van der Waals surface area contributed by atoms with Gasteiger partial charge in [-0.3, -0.25) is 4.79 Å². The van der Waals surface area contributed by atoms with Crippen molar-refractivity contribution in [3.05, 3.63) is 35.4 Å². The fourth-order valence-electron chi connectivity index (χ4n) is 1.68. The highest BCUT2D eigenvalue weighted by molar-refractivity contribution is 5.78. The molecule has 5 heteroatoms. The van der Waals surface area contributed by atoms with E-state index in [1.165, 1.54) is 6.07 Å². The van der Waals surface area contributed by atoms with Crippen molar-refractivity contribution in [3.63, 3.8) is 0 Å². The Morgan fingerprint density at radius 3 is 2.61 bits per heavy atom. The molecule has 0 saturated heterocycles. The molecule has 0 heterocycles. The Balaban J connectivity index is 2.64. The van der Waals surface area contributed by atoms with Crippen molar-refractivity contribution >= 4 is 5.91 Å². The van der Waals surface area contributed by atoms with Crippen LogP contribution in [0.5, 0.6) is 0 Å². The smallest absolute Gasteiger partial charge is 0.226 e. The van der Waals surface area contributed by atoms with Gasteiger partial charge >= 0.3 is 0 Å². The lowest BCUT2D eigenvalue weighted by Gasteiger charge is -2.20. The normalized spacial score (nSPS) is 10.4. The number of likely N-dealkylation sites (N-methyl/N-ethyl adjacent to an activating group) is 1. The molecule has 100 valence electrons. The first-order valence-electron chi connectivity index (χ1n) is 6.00. The van der Waals surface area contributed by atoms with Crippen molar-refractivity contribution in [2.24, 2.45) is 5.73 Å². The van der Waals surface area contributed by atoms with Crippen molar-refractivity contribution in [3.8, 4) is 0 Å². The minimum absolute atomic E-state index is 0.0790. The number of carbonyl (C=O) groups is 1. The van der Waals surface area contributed by atoms with Gasteiger partial charge in [0.15, 0.2) is 11.6 Å². The minimum Gasteiger partial charge on any atom is -0.343 e. The van der Waals surface area contributed by atoms with Crippen LogP contribution in [-0.4, -0.2) is 30.4 Å². The molecule has 0 aliphatic carbocycles. The van der Waals surface area contributed by atoms with E-state index in [1.54, 1.807) is 4.90 Å². The molecule has 0 radical (unpaired) electrons. The molecule has 0 saturated carbocycles. The summed E-state index contributed by atoms with van der Waals surface area (Å²) in [6.45, 7) is 3.58. The number of nitrogens with zero attached hydrogens (tertiary/aromatic N) is 1. The third-order valence-corrected chi connectivity index (χ3v) is 2.71. The number of hydrogen-bond acceptors (Lipinski definition) is 2. The standard InChI is InChI=1S/C13H18F2N2O/c1-2-17(7-3-6-16)13(18)9-10-4-5-11(14)12(15)8-10/h4-5,8H,2-3,6-7,9,16H2,1H3. The lowest BCUT2D eigenvalue weighted by Crippen LogP contribution is -2.33. The molecule has 0 aliphatic heterocycles. The van der Waals surface area contributed by atoms with Gasteiger partial charge < -0.3 is 10.6 Å². The zero-order valence-electron chi connectivity index (χ0n) is 10.5. The first-order chi connectivity index (χ1) is 8.58. The topological polar surface area (TPSA) is 46.3 Å². The van der Waals surface area contributed by atoms with Gasteiger partial charge in [0.2, 0.25) is 5.91 Å². The number of benzene rings is 1. The monoisotopic (exact) mass is 256 g/mol. The first-order valence-corrected chi connectivity index (χ1v) is 6.00. The van der Waals surface area contributed by atoms with Crippen LogP contribution in [0.3, 0.4) is 0 Å². The van der Waals surface area contributed by atoms with E-state index >= 15 is 0 Å². The van der Waals surface area contributed by atoms with Crippen LogP contribution in [0.15, 0.2) is 18.2 Å². The fraction of sp³-hybridized carbons (Fsp3) is 0.462. The Hall–Kier alpha value is -1.49. The highest BCUT2D eigenvalue weighted by Gasteiger charge is 2.13. The molecule has 0 aliphatic rings. The van der Waals surface area contributed by atoms with Gasteiger partial charge in [-0.2, -0.15) is 0 Å². The van der Waals surface area contributed by atoms with Crippen LogP contribution in [0.1, 0.15) is 18.9 Å². The zero-order chi connectivity index (χ0) is 13.5. The Kier molecular flexibility index (Phi) is 5.71. The maximum atomic E-state index is 13.0. The molecule has 0 atom stereocenters. The quantitative estimate of drug-likeness (QED) is 0.842. The third kappa shape index (κ3) is 4.07. The van der Waals surface area contributed by atoms with E-state index in [4.69, 9.17) is 5.73 Å². The number of halogens is 2. The van der Waals surface area contributed by atoms with E-state index in [1.807, 2.05) is 6.92 Å². The zero-order valence-corrected chi connectivity index (χ0v) is 10.5. The van der Waals surface area contributed by atoms with Crippen LogP contribution >= 0.6 is 0 Å². The third-order valence-electron chi connectivity index (χ3n) is 2.71. The van der Waals surface area contributed by atoms with Gasteiger partial charge in [-0.25, -0.2) is 8.78 Å². The van der Waals surface area contributed by atoms with Crippen molar-refractivity contribution in [1.29, 1.82) is 0 Å². The lowest BCUT2D eigenvalue weighted by atomic mass is 10.1. The maximum Gasteiger partial charge on any atom is 0.226 e. The van der Waals surface area contributed by atoms with Crippen molar-refractivity contribution in [2.45, 2.75) is 19.8 Å². The average molecular weight is 256 g/mol. The van der Waals surface area contributed by atoms with E-state index in [0.717, 1.165) is 18.6 Å². The number of amides is 1. The van der Waals surface area contributed by atoms with Crippen molar-refractivity contribution < 1.29 is 13.6 Å². The van der Waals surface area contributed by atoms with Gasteiger partial charge in [-0.1, -0.05) is 6.07 Å². The molecule has 18 heavy (non-hydrogen) atoms. The number of nitrogens with two attached hydrogens (primary N) is 1. The van der Waals surface area contributed by atoms with Gasteiger partial charge in [-0.05, 0) is 37.6 Å². The largest absolute Gasteiger partial charge is 0.343 e. The van der Waals surface area contributed by atoms with E-state index < -0.39 is 11.6 Å². The Morgan fingerprint density at radius 2 is 2.06 bits per heavy atom. The van der Waals surface area contributed by atoms with Crippen LogP contribution in [0.4, 0.5) is 8.78 Å². The predicted molar refractivity (Wildman–Crippen MR) is 66.0 cm³/mol. The molecule has 1 aromatic rings. The maximum absolute atomic E-state index is 13.0. The SMILES string of the molecule is CCN(CCCN)C(=O)Cc1ccc(F)c(F)c1. The summed E-state index contributed by atoms with van der Waals surface area (Å²) in [4.78, 5) is 13.6. The van der Waals surface area contributed by atoms with Gasteiger partial charge in [-0.15, -0.1) is 0 Å². The highest BCUT2D eigenvalue weighted by atomic mass is 19.2. The predicted octanol–water partition coefficient (Wildman–Crippen LogP) is 1.70. The van der Waals surface area contributed by atoms with E-state index in [0.29, 0.717) is 25.2 Å². The second kappa shape index (κ2) is 7.06. The van der Waals surface area contributed by atoms with Crippen molar-refractivity contribution in [2.75, 3.05) is 19.6 Å². The molecular weight excluding hydrogens is 238 g/mol. The summed E-state index contributed by atoms with van der Waals surface area (Å²) in [6.07, 6.45) is 0.812. The second-order valence-corrected chi connectivity index (χ2v) is 4.04. The average Bonchev–Trinajstić information content (AvgIpc) is 2.35. The fourth-order valence-corrected chi connectivity index (χ4v) is 1.68. The molecule has 0 aromatic heterocycles. The molecule has 0 spiro atoms. The van der Waals surface area contributed by atoms with Gasteiger partial charge in [0.1, 0.15) is 0 Å². The Bertz CT molecular complexity index is 410. The first kappa shape index (κ1) is 14.6. The van der Waals surface area contributed by atoms with Gasteiger partial charge in [0.05, 0.1) is 6.42 Å². The van der Waals surface area contributed by atoms with Crippen LogP contribution in [-0.2, 0) is 11.2 Å². The summed E-state index contributed by atoms with van der Waals surface area (Å²) >= 11 is 0. The summed E-state index contributed by atoms with van der Waals surface area (Å²) in [5, 5.41) is 0. The molecule has 2 N–H and O–H groups in total. The molecule has 1 amide bonds. The summed E-state index contributed by atoms with van der Waals surface area (Å²) in [5.74, 6) is -1.93. The van der Waals surface area contributed by atoms with E-state index in [2.05, 4.69) is 0 Å². The van der Waals surface area contributed by atoms with Crippen molar-refractivity contribution in [1.82, 2.24) is 4.90 Å². The Labute approximate surface area is 106 Å². The molecular formula is C13H18F2N2O. The van der Waals surface area contributed by atoms with Crippen LogP contribution < -0.4 is 5.73 Å². The number of carbonyl (C=O) groups excluding carboxylic acids is 1. The second-order valence-electron chi connectivity index (χ2n) is 4.04. The van der Waals surface area contributed by atoms with Gasteiger partial charge in [0.25, 0.3) is 0 Å². The van der Waals surface area contributed by atoms with E-state index in [-0.39, 0.29) is 12.3 Å². The molecule has 1 rings (SSSR count). The summed E-state index contributed by atoms with van der Waals surface area (Å²) in [6, 6.07) is 3.52. The van der Waals surface area contributed by atoms with Gasteiger partial charge in [0, 0.05) is 13.1 Å². The summed E-state index contributed by atoms with van der Waals surface area (Å²) in [7, 11) is 0. The van der Waals surface area contributed by atoms with Crippen LogP contribution in [0.25, 0.3) is 0 Å². The number of rotatable bonds is 6. The molecule has 3 nitrogen and oxygen atoms in total. The van der Waals surface area contributed by atoms with E-state index in [9.17, 15) is 13.6 Å². The highest BCUT2D eigenvalue weighted by Crippen LogP contribution is 2.10. The lowest BCUT2D eigenvalue weighted by molar-refractivity contribution is -0.130. The van der Waals surface area contributed by atoms with Crippen LogP contribution in [0, 0.1) is 11.6 Å². The molecule has 0 bridgehead atoms.